The third-order valence-electron chi connectivity index (χ3n) is 2.05. The third-order valence-corrected chi connectivity index (χ3v) is 2.05. The highest BCUT2D eigenvalue weighted by molar-refractivity contribution is 5.39. The van der Waals surface area contributed by atoms with Crippen LogP contribution in [0, 0.1) is 0 Å². The van der Waals surface area contributed by atoms with E-state index in [1.807, 2.05) is 0 Å². The van der Waals surface area contributed by atoms with E-state index in [0.29, 0.717) is 18.8 Å². The molecule has 1 aromatic rings. The topological polar surface area (TPSA) is 61.7 Å². The van der Waals surface area contributed by atoms with Gasteiger partial charge in [-0.1, -0.05) is 6.07 Å². The van der Waals surface area contributed by atoms with E-state index in [9.17, 15) is 5.11 Å². The number of rotatable bonds is 5. The summed E-state index contributed by atoms with van der Waals surface area (Å²) < 4.78 is 4.97. The normalized spacial score (nSPS) is 12.5. The molecule has 1 atom stereocenters. The number of aliphatic hydroxyl groups is 1. The summed E-state index contributed by atoms with van der Waals surface area (Å²) in [5.74, 6) is 0.833. The van der Waals surface area contributed by atoms with Crippen LogP contribution in [-0.4, -0.2) is 30.0 Å². The van der Waals surface area contributed by atoms with Gasteiger partial charge in [-0.2, -0.15) is 0 Å². The van der Waals surface area contributed by atoms with Gasteiger partial charge in [0.1, 0.15) is 11.5 Å². The maximum atomic E-state index is 9.61. The molecule has 0 radical (unpaired) electrons. The van der Waals surface area contributed by atoms with Crippen molar-refractivity contribution < 1.29 is 14.9 Å². The molecule has 0 saturated heterocycles. The van der Waals surface area contributed by atoms with Crippen LogP contribution >= 0.6 is 0 Å². The number of aromatic hydroxyl groups is 1. The molecule has 1 unspecified atom stereocenters. The largest absolute Gasteiger partial charge is 0.507 e. The number of nitrogens with one attached hydrogen (secondary N) is 1. The summed E-state index contributed by atoms with van der Waals surface area (Å²) in [5.41, 5.74) is 0.788. The SMILES string of the molecule is COc1ccc(CNCC(C)O)c(O)c1. The molecule has 15 heavy (non-hydrogen) atoms. The van der Waals surface area contributed by atoms with Crippen molar-refractivity contribution in [1.29, 1.82) is 0 Å². The summed E-state index contributed by atoms with van der Waals surface area (Å²) in [6.07, 6.45) is -0.384. The maximum absolute atomic E-state index is 9.61. The number of phenols is 1. The second-order valence-electron chi connectivity index (χ2n) is 3.47. The predicted octanol–water partition coefficient (Wildman–Crippen LogP) is 0.871. The molecule has 0 heterocycles. The average Bonchev–Trinajstić information content (AvgIpc) is 2.20. The van der Waals surface area contributed by atoms with E-state index in [-0.39, 0.29) is 11.9 Å². The summed E-state index contributed by atoms with van der Waals surface area (Å²) in [5, 5.41) is 21.7. The van der Waals surface area contributed by atoms with Gasteiger partial charge in [0.25, 0.3) is 0 Å². The van der Waals surface area contributed by atoms with E-state index in [0.717, 1.165) is 5.56 Å². The summed E-state index contributed by atoms with van der Waals surface area (Å²) in [4.78, 5) is 0. The van der Waals surface area contributed by atoms with Crippen molar-refractivity contribution in [3.63, 3.8) is 0 Å². The van der Waals surface area contributed by atoms with Crippen molar-refractivity contribution in [2.24, 2.45) is 0 Å². The molecule has 0 fully saturated rings. The fourth-order valence-electron chi connectivity index (χ4n) is 1.24. The van der Waals surface area contributed by atoms with Crippen LogP contribution in [0.2, 0.25) is 0 Å². The zero-order chi connectivity index (χ0) is 11.3. The summed E-state index contributed by atoms with van der Waals surface area (Å²) >= 11 is 0. The summed E-state index contributed by atoms with van der Waals surface area (Å²) in [6, 6.07) is 5.15. The summed E-state index contributed by atoms with van der Waals surface area (Å²) in [6.45, 7) is 2.74. The highest BCUT2D eigenvalue weighted by Gasteiger charge is 2.03. The number of hydrogen-bond acceptors (Lipinski definition) is 4. The first kappa shape index (κ1) is 11.8. The Labute approximate surface area is 89.5 Å². The minimum atomic E-state index is -0.384. The van der Waals surface area contributed by atoms with E-state index in [4.69, 9.17) is 9.84 Å². The molecular formula is C11H17NO3. The van der Waals surface area contributed by atoms with Gasteiger partial charge in [0, 0.05) is 24.7 Å². The molecule has 84 valence electrons. The molecule has 0 aliphatic rings. The summed E-state index contributed by atoms with van der Waals surface area (Å²) in [7, 11) is 1.56. The van der Waals surface area contributed by atoms with Crippen molar-refractivity contribution >= 4 is 0 Å². The lowest BCUT2D eigenvalue weighted by atomic mass is 10.2. The Balaban J connectivity index is 2.54. The quantitative estimate of drug-likeness (QED) is 0.676. The monoisotopic (exact) mass is 211 g/mol. The van der Waals surface area contributed by atoms with Gasteiger partial charge in [0.05, 0.1) is 13.2 Å². The molecule has 0 aliphatic heterocycles. The molecule has 0 bridgehead atoms. The standard InChI is InChI=1S/C11H17NO3/c1-8(13)6-12-7-9-3-4-10(15-2)5-11(9)14/h3-5,8,12-14H,6-7H2,1-2H3. The number of methoxy groups -OCH3 is 1. The lowest BCUT2D eigenvalue weighted by Gasteiger charge is -2.09. The van der Waals surface area contributed by atoms with Crippen LogP contribution in [0.25, 0.3) is 0 Å². The first-order valence-electron chi connectivity index (χ1n) is 4.88. The predicted molar refractivity (Wildman–Crippen MR) is 58.0 cm³/mol. The van der Waals surface area contributed by atoms with Crippen molar-refractivity contribution in [1.82, 2.24) is 5.32 Å². The molecule has 1 rings (SSSR count). The van der Waals surface area contributed by atoms with Gasteiger partial charge in [0.2, 0.25) is 0 Å². The smallest absolute Gasteiger partial charge is 0.123 e. The van der Waals surface area contributed by atoms with Crippen LogP contribution in [0.3, 0.4) is 0 Å². The molecule has 4 nitrogen and oxygen atoms in total. The van der Waals surface area contributed by atoms with Crippen molar-refractivity contribution in [2.75, 3.05) is 13.7 Å². The van der Waals surface area contributed by atoms with Gasteiger partial charge < -0.3 is 20.3 Å². The second-order valence-corrected chi connectivity index (χ2v) is 3.47. The van der Waals surface area contributed by atoms with Crippen molar-refractivity contribution in [3.05, 3.63) is 23.8 Å². The van der Waals surface area contributed by atoms with Gasteiger partial charge >= 0.3 is 0 Å². The van der Waals surface area contributed by atoms with Crippen molar-refractivity contribution in [2.45, 2.75) is 19.6 Å². The van der Waals surface area contributed by atoms with Crippen LogP contribution in [0.5, 0.6) is 11.5 Å². The Morgan fingerprint density at radius 3 is 2.73 bits per heavy atom. The van der Waals surface area contributed by atoms with Crippen LogP contribution in [0.1, 0.15) is 12.5 Å². The van der Waals surface area contributed by atoms with E-state index in [1.54, 1.807) is 32.2 Å². The average molecular weight is 211 g/mol. The Morgan fingerprint density at radius 2 is 2.20 bits per heavy atom. The minimum absolute atomic E-state index is 0.201. The van der Waals surface area contributed by atoms with Crippen LogP contribution < -0.4 is 10.1 Å². The van der Waals surface area contributed by atoms with Crippen LogP contribution in [-0.2, 0) is 6.54 Å². The number of benzene rings is 1. The van der Waals surface area contributed by atoms with Gasteiger partial charge in [-0.05, 0) is 13.0 Å². The Bertz CT molecular complexity index is 313. The Morgan fingerprint density at radius 1 is 1.47 bits per heavy atom. The van der Waals surface area contributed by atoms with Crippen LogP contribution in [0.4, 0.5) is 0 Å². The first-order chi connectivity index (χ1) is 7.13. The fraction of sp³-hybridized carbons (Fsp3) is 0.455. The zero-order valence-corrected chi connectivity index (χ0v) is 9.03. The van der Waals surface area contributed by atoms with E-state index >= 15 is 0 Å². The second kappa shape index (κ2) is 5.58. The first-order valence-corrected chi connectivity index (χ1v) is 4.88. The molecule has 0 aliphatic carbocycles. The molecule has 0 saturated carbocycles. The van der Waals surface area contributed by atoms with E-state index < -0.39 is 0 Å². The number of phenolic OH excluding ortho intramolecular Hbond substituents is 1. The highest BCUT2D eigenvalue weighted by Crippen LogP contribution is 2.22. The Hall–Kier alpha value is -1.26. The number of ether oxygens (including phenoxy) is 1. The van der Waals surface area contributed by atoms with Gasteiger partial charge in [-0.25, -0.2) is 0 Å². The molecule has 0 spiro atoms. The lowest BCUT2D eigenvalue weighted by molar-refractivity contribution is 0.191. The van der Waals surface area contributed by atoms with E-state index in [1.165, 1.54) is 0 Å². The maximum Gasteiger partial charge on any atom is 0.123 e. The van der Waals surface area contributed by atoms with E-state index in [2.05, 4.69) is 5.32 Å². The number of aliphatic hydroxyl groups excluding tert-OH is 1. The molecule has 1 aromatic carbocycles. The fourth-order valence-corrected chi connectivity index (χ4v) is 1.24. The molecule has 3 N–H and O–H groups in total. The highest BCUT2D eigenvalue weighted by atomic mass is 16.5. The number of hydrogen-bond donors (Lipinski definition) is 3. The molecule has 0 amide bonds. The van der Waals surface area contributed by atoms with Crippen molar-refractivity contribution in [3.8, 4) is 11.5 Å². The molecule has 4 heteroatoms. The zero-order valence-electron chi connectivity index (χ0n) is 9.03. The Kier molecular flexibility index (Phi) is 4.39. The van der Waals surface area contributed by atoms with Gasteiger partial charge in [-0.3, -0.25) is 0 Å². The third kappa shape index (κ3) is 3.77. The van der Waals surface area contributed by atoms with Gasteiger partial charge in [-0.15, -0.1) is 0 Å². The molecular weight excluding hydrogens is 194 g/mol. The lowest BCUT2D eigenvalue weighted by Crippen LogP contribution is -2.23. The van der Waals surface area contributed by atoms with Crippen LogP contribution in [0.15, 0.2) is 18.2 Å². The van der Waals surface area contributed by atoms with Gasteiger partial charge in [0.15, 0.2) is 0 Å². The molecule has 0 aromatic heterocycles. The minimum Gasteiger partial charge on any atom is -0.507 e.